The maximum atomic E-state index is 14.7. The third-order valence-corrected chi connectivity index (χ3v) is 6.02. The third kappa shape index (κ3) is 6.88. The fourth-order valence-electron chi connectivity index (χ4n) is 4.32. The Balaban J connectivity index is 1.79. The molecule has 11 heteroatoms. The SMILES string of the molecule is CCCC1CCC(C(F)(F)Oc2cc(F)c(-c3cc(F)c(OC=CC(F)(F)F)c(F)c3)c(F)c2)CC1. The van der Waals surface area contributed by atoms with Crippen LogP contribution in [0.5, 0.6) is 11.5 Å². The molecule has 36 heavy (non-hydrogen) atoms. The largest absolute Gasteiger partial charge is 0.459 e. The molecule has 0 aromatic heterocycles. The summed E-state index contributed by atoms with van der Waals surface area (Å²) in [7, 11) is 0. The zero-order chi connectivity index (χ0) is 26.7. The summed E-state index contributed by atoms with van der Waals surface area (Å²) in [5, 5.41) is 0. The molecule has 0 spiro atoms. The molecule has 0 saturated heterocycles. The molecule has 198 valence electrons. The van der Waals surface area contributed by atoms with Crippen LogP contribution in [0.4, 0.5) is 39.5 Å². The summed E-state index contributed by atoms with van der Waals surface area (Å²) in [5.74, 6) is -8.75. The molecule has 0 heterocycles. The van der Waals surface area contributed by atoms with E-state index in [0.29, 0.717) is 43.0 Å². The lowest BCUT2D eigenvalue weighted by Crippen LogP contribution is -2.37. The topological polar surface area (TPSA) is 18.5 Å². The highest BCUT2D eigenvalue weighted by Crippen LogP contribution is 2.42. The van der Waals surface area contributed by atoms with Gasteiger partial charge in [-0.15, -0.1) is 0 Å². The summed E-state index contributed by atoms with van der Waals surface area (Å²) in [6, 6.07) is 1.82. The van der Waals surface area contributed by atoms with Gasteiger partial charge in [0, 0.05) is 12.1 Å². The summed E-state index contributed by atoms with van der Waals surface area (Å²) >= 11 is 0. The van der Waals surface area contributed by atoms with Crippen molar-refractivity contribution in [1.29, 1.82) is 0 Å². The maximum absolute atomic E-state index is 14.7. The Labute approximate surface area is 201 Å². The van der Waals surface area contributed by atoms with Gasteiger partial charge in [0.25, 0.3) is 0 Å². The van der Waals surface area contributed by atoms with Crippen LogP contribution in [0.3, 0.4) is 0 Å². The Hall–Kier alpha value is -2.85. The standard InChI is InChI=1S/C25H23F9O2/c1-2-3-14-4-6-16(7-5-14)25(33,34)36-17-12-18(26)22(19(27)13-17)15-10-20(28)23(21(29)11-15)35-9-8-24(30,31)32/h8-14,16H,2-7H2,1H3. The van der Waals surface area contributed by atoms with E-state index in [4.69, 9.17) is 0 Å². The Morgan fingerprint density at radius 3 is 1.89 bits per heavy atom. The van der Waals surface area contributed by atoms with Crippen molar-refractivity contribution in [3.63, 3.8) is 0 Å². The van der Waals surface area contributed by atoms with E-state index in [9.17, 15) is 39.5 Å². The van der Waals surface area contributed by atoms with Crippen LogP contribution < -0.4 is 9.47 Å². The van der Waals surface area contributed by atoms with Crippen molar-refractivity contribution in [3.05, 3.63) is 59.9 Å². The zero-order valence-corrected chi connectivity index (χ0v) is 19.1. The molecule has 0 bridgehead atoms. The molecule has 0 unspecified atom stereocenters. The van der Waals surface area contributed by atoms with Gasteiger partial charge in [-0.05, 0) is 49.3 Å². The molecule has 1 aliphatic rings. The van der Waals surface area contributed by atoms with E-state index in [0.717, 1.165) is 12.8 Å². The van der Waals surface area contributed by atoms with E-state index in [2.05, 4.69) is 9.47 Å². The summed E-state index contributed by atoms with van der Waals surface area (Å²) < 4.78 is 132. The second-order valence-corrected chi connectivity index (χ2v) is 8.66. The van der Waals surface area contributed by atoms with Crippen LogP contribution in [-0.4, -0.2) is 12.3 Å². The molecule has 0 atom stereocenters. The molecule has 3 rings (SSSR count). The molecule has 0 N–H and O–H groups in total. The van der Waals surface area contributed by atoms with Gasteiger partial charge >= 0.3 is 12.3 Å². The van der Waals surface area contributed by atoms with Crippen molar-refractivity contribution in [2.24, 2.45) is 11.8 Å². The Bertz CT molecular complexity index is 1040. The molecule has 1 fully saturated rings. The third-order valence-electron chi connectivity index (χ3n) is 6.02. The van der Waals surface area contributed by atoms with Crippen molar-refractivity contribution in [1.82, 2.24) is 0 Å². The second kappa shape index (κ2) is 11.0. The molecular weight excluding hydrogens is 503 g/mol. The molecule has 2 nitrogen and oxygen atoms in total. The quantitative estimate of drug-likeness (QED) is 0.253. The van der Waals surface area contributed by atoms with Crippen LogP contribution >= 0.6 is 0 Å². The minimum Gasteiger partial charge on any atom is -0.459 e. The molecule has 2 aromatic rings. The first-order valence-corrected chi connectivity index (χ1v) is 11.3. The molecule has 0 aliphatic heterocycles. The van der Waals surface area contributed by atoms with Crippen molar-refractivity contribution in [3.8, 4) is 22.6 Å². The molecule has 0 amide bonds. The van der Waals surface area contributed by atoms with Gasteiger partial charge in [-0.1, -0.05) is 19.8 Å². The Kier molecular flexibility index (Phi) is 8.51. The van der Waals surface area contributed by atoms with Crippen LogP contribution in [0.15, 0.2) is 36.6 Å². The van der Waals surface area contributed by atoms with Crippen LogP contribution in [-0.2, 0) is 0 Å². The van der Waals surface area contributed by atoms with Gasteiger partial charge in [-0.3, -0.25) is 0 Å². The predicted octanol–water partition coefficient (Wildman–Crippen LogP) is 8.94. The van der Waals surface area contributed by atoms with Crippen molar-refractivity contribution in [2.75, 3.05) is 0 Å². The van der Waals surface area contributed by atoms with Gasteiger partial charge in [-0.2, -0.15) is 22.0 Å². The van der Waals surface area contributed by atoms with Crippen molar-refractivity contribution in [2.45, 2.75) is 57.7 Å². The lowest BCUT2D eigenvalue weighted by Gasteiger charge is -2.33. The first-order valence-electron chi connectivity index (χ1n) is 11.3. The minimum atomic E-state index is -4.80. The van der Waals surface area contributed by atoms with Crippen molar-refractivity contribution < 1.29 is 49.0 Å². The Morgan fingerprint density at radius 1 is 0.833 bits per heavy atom. The van der Waals surface area contributed by atoms with Gasteiger partial charge in [0.2, 0.25) is 0 Å². The number of rotatable bonds is 8. The summed E-state index contributed by atoms with van der Waals surface area (Å²) in [4.78, 5) is 0. The number of hydrogen-bond acceptors (Lipinski definition) is 2. The number of hydrogen-bond donors (Lipinski definition) is 0. The van der Waals surface area contributed by atoms with Crippen molar-refractivity contribution >= 4 is 0 Å². The van der Waals surface area contributed by atoms with Gasteiger partial charge < -0.3 is 9.47 Å². The van der Waals surface area contributed by atoms with E-state index in [-0.39, 0.29) is 19.1 Å². The average molecular weight is 526 g/mol. The molecule has 1 saturated carbocycles. The number of benzene rings is 2. The van der Waals surface area contributed by atoms with Gasteiger partial charge in [-0.25, -0.2) is 17.6 Å². The summed E-state index contributed by atoms with van der Waals surface area (Å²) in [6.45, 7) is 2.01. The molecule has 0 radical (unpaired) electrons. The number of allylic oxidation sites excluding steroid dienone is 1. The summed E-state index contributed by atoms with van der Waals surface area (Å²) in [6.07, 6.45) is -5.40. The number of ether oxygens (including phenoxy) is 2. The second-order valence-electron chi connectivity index (χ2n) is 8.66. The highest BCUT2D eigenvalue weighted by Gasteiger charge is 2.44. The Morgan fingerprint density at radius 2 is 1.39 bits per heavy atom. The zero-order valence-electron chi connectivity index (χ0n) is 19.1. The first-order chi connectivity index (χ1) is 16.8. The maximum Gasteiger partial charge on any atom is 0.412 e. The summed E-state index contributed by atoms with van der Waals surface area (Å²) in [5.41, 5.74) is -1.61. The molecule has 2 aromatic carbocycles. The molecule has 1 aliphatic carbocycles. The van der Waals surface area contributed by atoms with Crippen LogP contribution in [0.1, 0.15) is 45.4 Å². The highest BCUT2D eigenvalue weighted by molar-refractivity contribution is 5.67. The number of halogens is 9. The van der Waals surface area contributed by atoms with Crippen LogP contribution in [0.2, 0.25) is 0 Å². The first kappa shape index (κ1) is 27.7. The van der Waals surface area contributed by atoms with E-state index in [1.165, 1.54) is 0 Å². The highest BCUT2D eigenvalue weighted by atomic mass is 19.4. The van der Waals surface area contributed by atoms with Crippen LogP contribution in [0.25, 0.3) is 11.1 Å². The normalized spacial score (nSPS) is 19.1. The van der Waals surface area contributed by atoms with E-state index < -0.39 is 70.2 Å². The molecular formula is C25H23F9O2. The van der Waals surface area contributed by atoms with E-state index >= 15 is 0 Å². The monoisotopic (exact) mass is 526 g/mol. The average Bonchev–Trinajstić information content (AvgIpc) is 2.75. The predicted molar refractivity (Wildman–Crippen MR) is 113 cm³/mol. The van der Waals surface area contributed by atoms with Gasteiger partial charge in [0.05, 0.1) is 23.8 Å². The fourth-order valence-corrected chi connectivity index (χ4v) is 4.32. The van der Waals surface area contributed by atoms with Gasteiger partial charge in [0.1, 0.15) is 17.4 Å². The minimum absolute atomic E-state index is 0.00488. The van der Waals surface area contributed by atoms with Crippen LogP contribution in [0, 0.1) is 35.1 Å². The van der Waals surface area contributed by atoms with Gasteiger partial charge in [0.15, 0.2) is 17.4 Å². The van der Waals surface area contributed by atoms with E-state index in [1.54, 1.807) is 0 Å². The van der Waals surface area contributed by atoms with E-state index in [1.807, 2.05) is 6.92 Å². The fraction of sp³-hybridized carbons (Fsp3) is 0.440. The lowest BCUT2D eigenvalue weighted by molar-refractivity contribution is -0.223. The lowest BCUT2D eigenvalue weighted by atomic mass is 9.79. The smallest absolute Gasteiger partial charge is 0.412 e. The number of alkyl halides is 5.